The molecule has 0 aromatic carbocycles. The first-order chi connectivity index (χ1) is 7.57. The molecule has 1 aliphatic heterocycles. The highest BCUT2D eigenvalue weighted by Crippen LogP contribution is 2.14. The van der Waals surface area contributed by atoms with Crippen molar-refractivity contribution in [2.45, 2.75) is 44.2 Å². The SMILES string of the molecule is COC1CCN(CCCCC(C)(N)CO)C1. The van der Waals surface area contributed by atoms with E-state index < -0.39 is 5.54 Å². The number of hydrogen-bond acceptors (Lipinski definition) is 4. The maximum absolute atomic E-state index is 9.02. The molecule has 1 aliphatic rings. The number of ether oxygens (including phenoxy) is 1. The summed E-state index contributed by atoms with van der Waals surface area (Å²) in [6, 6.07) is 0. The number of likely N-dealkylation sites (tertiary alicyclic amines) is 1. The van der Waals surface area contributed by atoms with Crippen molar-refractivity contribution in [1.82, 2.24) is 4.90 Å². The van der Waals surface area contributed by atoms with Crippen LogP contribution in [0.4, 0.5) is 0 Å². The first-order valence-electron chi connectivity index (χ1n) is 6.22. The topological polar surface area (TPSA) is 58.7 Å². The molecule has 3 N–H and O–H groups in total. The van der Waals surface area contributed by atoms with Crippen LogP contribution in [-0.4, -0.2) is 55.0 Å². The van der Waals surface area contributed by atoms with Gasteiger partial charge in [-0.25, -0.2) is 0 Å². The molecule has 0 bridgehead atoms. The van der Waals surface area contributed by atoms with Crippen LogP contribution in [0.5, 0.6) is 0 Å². The molecule has 0 aromatic rings. The maximum Gasteiger partial charge on any atom is 0.0710 e. The molecule has 1 fully saturated rings. The van der Waals surface area contributed by atoms with E-state index in [1.165, 1.54) is 0 Å². The van der Waals surface area contributed by atoms with Gasteiger partial charge in [-0.15, -0.1) is 0 Å². The lowest BCUT2D eigenvalue weighted by atomic mass is 9.97. The van der Waals surface area contributed by atoms with Gasteiger partial charge in [0.2, 0.25) is 0 Å². The van der Waals surface area contributed by atoms with Gasteiger partial charge in [-0.2, -0.15) is 0 Å². The molecule has 0 radical (unpaired) electrons. The Balaban J connectivity index is 2.04. The van der Waals surface area contributed by atoms with E-state index in [2.05, 4.69) is 4.90 Å². The average molecular weight is 230 g/mol. The van der Waals surface area contributed by atoms with Crippen molar-refractivity contribution in [3.63, 3.8) is 0 Å². The summed E-state index contributed by atoms with van der Waals surface area (Å²) in [6.45, 7) is 5.32. The van der Waals surface area contributed by atoms with E-state index in [-0.39, 0.29) is 6.61 Å². The van der Waals surface area contributed by atoms with Crippen LogP contribution in [0.25, 0.3) is 0 Å². The van der Waals surface area contributed by atoms with Crippen LogP contribution in [0.15, 0.2) is 0 Å². The summed E-state index contributed by atoms with van der Waals surface area (Å²) >= 11 is 0. The summed E-state index contributed by atoms with van der Waals surface area (Å²) in [4.78, 5) is 2.45. The third kappa shape index (κ3) is 4.78. The van der Waals surface area contributed by atoms with Crippen LogP contribution in [0.1, 0.15) is 32.6 Å². The minimum absolute atomic E-state index is 0.0719. The van der Waals surface area contributed by atoms with Crippen LogP contribution in [-0.2, 0) is 4.74 Å². The maximum atomic E-state index is 9.02. The van der Waals surface area contributed by atoms with Crippen molar-refractivity contribution in [3.05, 3.63) is 0 Å². The third-order valence-electron chi connectivity index (χ3n) is 3.40. The summed E-state index contributed by atoms with van der Waals surface area (Å²) < 4.78 is 5.32. The van der Waals surface area contributed by atoms with Gasteiger partial charge < -0.3 is 20.5 Å². The van der Waals surface area contributed by atoms with E-state index in [4.69, 9.17) is 15.6 Å². The van der Waals surface area contributed by atoms with E-state index in [1.54, 1.807) is 7.11 Å². The molecule has 0 saturated carbocycles. The molecule has 0 spiro atoms. The number of aliphatic hydroxyl groups excluding tert-OH is 1. The van der Waals surface area contributed by atoms with Crippen molar-refractivity contribution >= 4 is 0 Å². The summed E-state index contributed by atoms with van der Waals surface area (Å²) in [5.74, 6) is 0. The normalized spacial score (nSPS) is 25.9. The van der Waals surface area contributed by atoms with Crippen LogP contribution >= 0.6 is 0 Å². The molecule has 2 unspecified atom stereocenters. The van der Waals surface area contributed by atoms with E-state index in [1.807, 2.05) is 6.92 Å². The Kier molecular flexibility index (Phi) is 5.69. The van der Waals surface area contributed by atoms with Gasteiger partial charge in [-0.3, -0.25) is 0 Å². The summed E-state index contributed by atoms with van der Waals surface area (Å²) in [5.41, 5.74) is 5.47. The number of aliphatic hydroxyl groups is 1. The Labute approximate surface area is 98.8 Å². The van der Waals surface area contributed by atoms with Crippen molar-refractivity contribution in [3.8, 4) is 0 Å². The smallest absolute Gasteiger partial charge is 0.0710 e. The van der Waals surface area contributed by atoms with Gasteiger partial charge in [0.05, 0.1) is 12.7 Å². The second-order valence-electron chi connectivity index (χ2n) is 5.22. The lowest BCUT2D eigenvalue weighted by molar-refractivity contribution is 0.108. The first-order valence-corrected chi connectivity index (χ1v) is 6.22. The molecule has 0 amide bonds. The van der Waals surface area contributed by atoms with Gasteiger partial charge in [-0.1, -0.05) is 6.42 Å². The molecule has 1 saturated heterocycles. The van der Waals surface area contributed by atoms with Crippen LogP contribution in [0.3, 0.4) is 0 Å². The first kappa shape index (κ1) is 13.9. The summed E-state index contributed by atoms with van der Waals surface area (Å²) in [7, 11) is 1.79. The van der Waals surface area contributed by atoms with Gasteiger partial charge >= 0.3 is 0 Å². The Morgan fingerprint density at radius 2 is 2.25 bits per heavy atom. The fraction of sp³-hybridized carbons (Fsp3) is 1.00. The zero-order chi connectivity index (χ0) is 12.0. The molecule has 1 rings (SSSR count). The molecule has 4 nitrogen and oxygen atoms in total. The van der Waals surface area contributed by atoms with Gasteiger partial charge in [0.1, 0.15) is 0 Å². The molecule has 96 valence electrons. The van der Waals surface area contributed by atoms with Gasteiger partial charge in [-0.05, 0) is 32.7 Å². The second-order valence-corrected chi connectivity index (χ2v) is 5.22. The number of nitrogens with two attached hydrogens (primary N) is 1. The number of methoxy groups -OCH3 is 1. The molecule has 1 heterocycles. The molecule has 4 heteroatoms. The zero-order valence-electron chi connectivity index (χ0n) is 10.6. The van der Waals surface area contributed by atoms with E-state index in [0.29, 0.717) is 6.10 Å². The fourth-order valence-electron chi connectivity index (χ4n) is 2.14. The minimum Gasteiger partial charge on any atom is -0.394 e. The van der Waals surface area contributed by atoms with Gasteiger partial charge in [0.25, 0.3) is 0 Å². The minimum atomic E-state index is -0.403. The van der Waals surface area contributed by atoms with E-state index >= 15 is 0 Å². The largest absolute Gasteiger partial charge is 0.394 e. The van der Waals surface area contributed by atoms with Crippen LogP contribution < -0.4 is 5.73 Å². The molecule has 2 atom stereocenters. The molecular formula is C12H26N2O2. The van der Waals surface area contributed by atoms with Crippen molar-refractivity contribution < 1.29 is 9.84 Å². The highest BCUT2D eigenvalue weighted by atomic mass is 16.5. The third-order valence-corrected chi connectivity index (χ3v) is 3.40. The van der Waals surface area contributed by atoms with Crippen LogP contribution in [0.2, 0.25) is 0 Å². The lowest BCUT2D eigenvalue weighted by Crippen LogP contribution is -2.40. The average Bonchev–Trinajstić information content (AvgIpc) is 2.72. The lowest BCUT2D eigenvalue weighted by Gasteiger charge is -2.22. The van der Waals surface area contributed by atoms with Crippen molar-refractivity contribution in [1.29, 1.82) is 0 Å². The van der Waals surface area contributed by atoms with Crippen molar-refractivity contribution in [2.24, 2.45) is 5.73 Å². The predicted octanol–water partition coefficient (Wildman–Crippen LogP) is 0.587. The number of hydrogen-bond donors (Lipinski definition) is 2. The Bertz CT molecular complexity index is 197. The summed E-state index contributed by atoms with van der Waals surface area (Å²) in [5, 5.41) is 9.02. The van der Waals surface area contributed by atoms with Gasteiger partial charge in [0.15, 0.2) is 0 Å². The molecular weight excluding hydrogens is 204 g/mol. The fourth-order valence-corrected chi connectivity index (χ4v) is 2.14. The Morgan fingerprint density at radius 1 is 1.50 bits per heavy atom. The van der Waals surface area contributed by atoms with Crippen molar-refractivity contribution in [2.75, 3.05) is 33.4 Å². The highest BCUT2D eigenvalue weighted by molar-refractivity contribution is 4.78. The highest BCUT2D eigenvalue weighted by Gasteiger charge is 2.21. The van der Waals surface area contributed by atoms with Crippen LogP contribution in [0, 0.1) is 0 Å². The van der Waals surface area contributed by atoms with E-state index in [0.717, 1.165) is 45.3 Å². The number of nitrogens with zero attached hydrogens (tertiary/aromatic N) is 1. The Hall–Kier alpha value is -0.160. The zero-order valence-corrected chi connectivity index (χ0v) is 10.6. The second kappa shape index (κ2) is 6.55. The predicted molar refractivity (Wildman–Crippen MR) is 65.4 cm³/mol. The summed E-state index contributed by atoms with van der Waals surface area (Å²) in [6.07, 6.45) is 4.72. The Morgan fingerprint density at radius 3 is 2.81 bits per heavy atom. The number of rotatable bonds is 7. The number of unbranched alkanes of at least 4 members (excludes halogenated alkanes) is 1. The molecule has 16 heavy (non-hydrogen) atoms. The monoisotopic (exact) mass is 230 g/mol. The quantitative estimate of drug-likeness (QED) is 0.628. The van der Waals surface area contributed by atoms with E-state index in [9.17, 15) is 0 Å². The molecule has 0 aliphatic carbocycles. The van der Waals surface area contributed by atoms with Gasteiger partial charge in [0, 0.05) is 25.7 Å². The molecule has 0 aromatic heterocycles. The standard InChI is InChI=1S/C12H26N2O2/c1-12(13,10-15)6-3-4-7-14-8-5-11(9-14)16-2/h11,15H,3-10,13H2,1-2H3.